The molecule has 0 saturated heterocycles. The van der Waals surface area contributed by atoms with Gasteiger partial charge in [0.25, 0.3) is 0 Å². The van der Waals surface area contributed by atoms with Crippen LogP contribution in [-0.2, 0) is 0 Å². The second kappa shape index (κ2) is 18.1. The van der Waals surface area contributed by atoms with Gasteiger partial charge in [-0.3, -0.25) is 0 Å². The molecule has 7 aromatic carbocycles. The standard InChI is InChI=1S/C53H44N2/c1-3-43(26-27-44-16-8-4-9-17-44)25-24-42(2)54(49-20-12-6-13-21-49)51-38-32-47(33-39-51)48-34-40-53(41-35-48)55(50-22-14-7-15-23-50)52-36-30-46(31-37-52)29-28-45-18-10-5-11-19-45/h3-41H,1H2,2H3/b27-26+,29-28-,42-24+,43-25+. The van der Waals surface area contributed by atoms with Crippen molar-refractivity contribution in [3.63, 3.8) is 0 Å². The van der Waals surface area contributed by atoms with Crippen molar-refractivity contribution in [3.8, 4) is 11.1 Å². The Morgan fingerprint density at radius 1 is 0.400 bits per heavy atom. The average Bonchev–Trinajstić information content (AvgIpc) is 3.26. The van der Waals surface area contributed by atoms with E-state index in [1.54, 1.807) is 0 Å². The molecule has 0 aliphatic carbocycles. The lowest BCUT2D eigenvalue weighted by molar-refractivity contribution is 1.15. The first-order valence-electron chi connectivity index (χ1n) is 18.6. The van der Waals surface area contributed by atoms with Gasteiger partial charge in [-0.05, 0) is 107 Å². The quantitative estimate of drug-likeness (QED) is 0.0869. The molecule has 0 spiro atoms. The van der Waals surface area contributed by atoms with Crippen LogP contribution in [0.5, 0.6) is 0 Å². The number of benzene rings is 7. The largest absolute Gasteiger partial charge is 0.315 e. The minimum Gasteiger partial charge on any atom is -0.315 e. The molecule has 7 rings (SSSR count). The van der Waals surface area contributed by atoms with Crippen molar-refractivity contribution in [2.75, 3.05) is 9.80 Å². The number of nitrogens with zero attached hydrogens (tertiary/aromatic N) is 2. The van der Waals surface area contributed by atoms with Gasteiger partial charge in [0.05, 0.1) is 0 Å². The third-order valence-corrected chi connectivity index (χ3v) is 9.41. The minimum atomic E-state index is 1.04. The van der Waals surface area contributed by atoms with Crippen LogP contribution in [0, 0.1) is 0 Å². The molecule has 7 aromatic rings. The van der Waals surface area contributed by atoms with Crippen LogP contribution in [-0.4, -0.2) is 0 Å². The summed E-state index contributed by atoms with van der Waals surface area (Å²) in [5, 5.41) is 0. The SMILES string of the molecule is C=CC(/C=C/c1ccccc1)=C\C=C(/C)N(c1ccccc1)c1ccc(-c2ccc(N(c3ccccc3)c3ccc(/C=C\c4ccccc4)cc3)cc2)cc1. The molecule has 0 aliphatic rings. The van der Waals surface area contributed by atoms with Gasteiger partial charge in [-0.25, -0.2) is 0 Å². The molecule has 0 radical (unpaired) electrons. The van der Waals surface area contributed by atoms with Crippen LogP contribution in [0.3, 0.4) is 0 Å². The molecule has 2 heteroatoms. The Morgan fingerprint density at radius 2 is 0.782 bits per heavy atom. The maximum absolute atomic E-state index is 4.05. The maximum atomic E-state index is 4.05. The summed E-state index contributed by atoms with van der Waals surface area (Å²) < 4.78 is 0. The summed E-state index contributed by atoms with van der Waals surface area (Å²) in [4.78, 5) is 4.58. The summed E-state index contributed by atoms with van der Waals surface area (Å²) in [6.07, 6.45) is 14.7. The van der Waals surface area contributed by atoms with Crippen LogP contribution < -0.4 is 9.80 Å². The fourth-order valence-corrected chi connectivity index (χ4v) is 6.49. The number of hydrogen-bond acceptors (Lipinski definition) is 2. The molecule has 0 fully saturated rings. The van der Waals surface area contributed by atoms with Gasteiger partial charge in [0, 0.05) is 34.1 Å². The summed E-state index contributed by atoms with van der Waals surface area (Å²) in [5.41, 5.74) is 13.4. The molecule has 0 N–H and O–H groups in total. The molecule has 0 bridgehead atoms. The van der Waals surface area contributed by atoms with Gasteiger partial charge < -0.3 is 9.80 Å². The minimum absolute atomic E-state index is 1.04. The van der Waals surface area contributed by atoms with E-state index in [1.807, 2.05) is 30.3 Å². The van der Waals surface area contributed by atoms with E-state index in [4.69, 9.17) is 0 Å². The summed E-state index contributed by atoms with van der Waals surface area (Å²) in [6, 6.07) is 68.1. The molecule has 0 unspecified atom stereocenters. The molecule has 55 heavy (non-hydrogen) atoms. The zero-order valence-corrected chi connectivity index (χ0v) is 31.1. The van der Waals surface area contributed by atoms with Crippen molar-refractivity contribution in [2.24, 2.45) is 0 Å². The number of para-hydroxylation sites is 2. The van der Waals surface area contributed by atoms with Crippen LogP contribution >= 0.6 is 0 Å². The lowest BCUT2D eigenvalue weighted by Crippen LogP contribution is -2.14. The van der Waals surface area contributed by atoms with Crippen LogP contribution in [0.2, 0.25) is 0 Å². The summed E-state index contributed by atoms with van der Waals surface area (Å²) in [5.74, 6) is 0. The zero-order valence-electron chi connectivity index (χ0n) is 31.1. The van der Waals surface area contributed by atoms with Crippen molar-refractivity contribution in [3.05, 3.63) is 253 Å². The first-order chi connectivity index (χ1) is 27.1. The predicted octanol–water partition coefficient (Wildman–Crippen LogP) is 14.9. The second-order valence-corrected chi connectivity index (χ2v) is 13.2. The van der Waals surface area contributed by atoms with E-state index in [-0.39, 0.29) is 0 Å². The van der Waals surface area contributed by atoms with Crippen LogP contribution in [0.4, 0.5) is 28.4 Å². The molecule has 0 amide bonds. The van der Waals surface area contributed by atoms with Crippen molar-refractivity contribution >= 4 is 46.7 Å². The lowest BCUT2D eigenvalue weighted by Gasteiger charge is -2.26. The molecule has 0 saturated carbocycles. The Labute approximate surface area is 326 Å². The highest BCUT2D eigenvalue weighted by Gasteiger charge is 2.14. The predicted molar refractivity (Wildman–Crippen MR) is 238 cm³/mol. The third-order valence-electron chi connectivity index (χ3n) is 9.41. The van der Waals surface area contributed by atoms with E-state index in [2.05, 4.69) is 230 Å². The van der Waals surface area contributed by atoms with Gasteiger partial charge in [0.1, 0.15) is 0 Å². The molecule has 0 heterocycles. The van der Waals surface area contributed by atoms with Crippen molar-refractivity contribution < 1.29 is 0 Å². The van der Waals surface area contributed by atoms with E-state index < -0.39 is 0 Å². The zero-order chi connectivity index (χ0) is 37.7. The van der Waals surface area contributed by atoms with E-state index in [0.717, 1.165) is 62.0 Å². The Hall–Kier alpha value is -7.16. The fraction of sp³-hybridized carbons (Fsp3) is 0.0189. The summed E-state index contributed by atoms with van der Waals surface area (Å²) in [6.45, 7) is 6.19. The van der Waals surface area contributed by atoms with E-state index in [1.165, 1.54) is 5.56 Å². The van der Waals surface area contributed by atoms with Crippen molar-refractivity contribution in [2.45, 2.75) is 6.92 Å². The van der Waals surface area contributed by atoms with Gasteiger partial charge in [-0.2, -0.15) is 0 Å². The smallest absolute Gasteiger partial charge is 0.0462 e. The van der Waals surface area contributed by atoms with E-state index in [9.17, 15) is 0 Å². The number of allylic oxidation sites excluding steroid dienone is 6. The molecule has 0 atom stereocenters. The van der Waals surface area contributed by atoms with Gasteiger partial charge in [0.15, 0.2) is 0 Å². The number of rotatable bonds is 13. The molecule has 266 valence electrons. The van der Waals surface area contributed by atoms with Crippen molar-refractivity contribution in [1.82, 2.24) is 0 Å². The summed E-state index contributed by atoms with van der Waals surface area (Å²) >= 11 is 0. The van der Waals surface area contributed by atoms with Crippen LogP contribution in [0.25, 0.3) is 29.4 Å². The Balaban J connectivity index is 1.12. The number of anilines is 5. The first kappa shape index (κ1) is 36.2. The van der Waals surface area contributed by atoms with Gasteiger partial charge in [-0.1, -0.05) is 176 Å². The maximum Gasteiger partial charge on any atom is 0.0462 e. The van der Waals surface area contributed by atoms with Crippen LogP contribution in [0.1, 0.15) is 23.6 Å². The van der Waals surface area contributed by atoms with Gasteiger partial charge in [0.2, 0.25) is 0 Å². The second-order valence-electron chi connectivity index (χ2n) is 13.2. The average molecular weight is 709 g/mol. The molecule has 2 nitrogen and oxygen atoms in total. The first-order valence-corrected chi connectivity index (χ1v) is 18.6. The lowest BCUT2D eigenvalue weighted by atomic mass is 10.0. The highest BCUT2D eigenvalue weighted by molar-refractivity contribution is 5.80. The third kappa shape index (κ3) is 9.45. The molecule has 0 aliphatic heterocycles. The molecular weight excluding hydrogens is 665 g/mol. The highest BCUT2D eigenvalue weighted by Crippen LogP contribution is 2.37. The highest BCUT2D eigenvalue weighted by atomic mass is 15.1. The molecular formula is C53H44N2. The van der Waals surface area contributed by atoms with Gasteiger partial charge in [-0.15, -0.1) is 0 Å². The van der Waals surface area contributed by atoms with Crippen LogP contribution in [0.15, 0.2) is 236 Å². The fourth-order valence-electron chi connectivity index (χ4n) is 6.49. The van der Waals surface area contributed by atoms with Gasteiger partial charge >= 0.3 is 0 Å². The van der Waals surface area contributed by atoms with E-state index >= 15 is 0 Å². The Kier molecular flexibility index (Phi) is 11.9. The number of hydrogen-bond donors (Lipinski definition) is 0. The monoisotopic (exact) mass is 708 g/mol. The van der Waals surface area contributed by atoms with E-state index in [0.29, 0.717) is 0 Å². The Bertz CT molecular complexity index is 2390. The summed E-state index contributed by atoms with van der Waals surface area (Å²) in [7, 11) is 0. The van der Waals surface area contributed by atoms with Crippen molar-refractivity contribution in [1.29, 1.82) is 0 Å². The topological polar surface area (TPSA) is 6.48 Å². The molecule has 0 aromatic heterocycles. The Morgan fingerprint density at radius 3 is 1.29 bits per heavy atom. The normalized spacial score (nSPS) is 11.9.